The lowest BCUT2D eigenvalue weighted by molar-refractivity contribution is -0.143. The molecule has 0 saturated carbocycles. The van der Waals surface area contributed by atoms with Gasteiger partial charge < -0.3 is 20.3 Å². The van der Waals surface area contributed by atoms with Crippen LogP contribution in [0.2, 0.25) is 0 Å². The van der Waals surface area contributed by atoms with Crippen LogP contribution >= 0.6 is 0 Å². The molecule has 0 aliphatic rings. The Hall–Kier alpha value is -1.14. The maximum atomic E-state index is 12.5. The highest BCUT2D eigenvalue weighted by Gasteiger charge is 2.20. The van der Waals surface area contributed by atoms with Crippen molar-refractivity contribution in [1.82, 2.24) is 5.32 Å². The lowest BCUT2D eigenvalue weighted by Crippen LogP contribution is -2.45. The van der Waals surface area contributed by atoms with E-state index in [1.54, 1.807) is 0 Å². The van der Waals surface area contributed by atoms with Crippen molar-refractivity contribution in [2.75, 3.05) is 13.2 Å². The maximum absolute atomic E-state index is 12.5. The number of nitrogens with one attached hydrogen (secondary N) is 1. The molecule has 0 saturated heterocycles. The van der Waals surface area contributed by atoms with Crippen LogP contribution in [-0.4, -0.2) is 47.4 Å². The summed E-state index contributed by atoms with van der Waals surface area (Å²) in [7, 11) is 0. The van der Waals surface area contributed by atoms with Crippen molar-refractivity contribution in [3.05, 3.63) is 0 Å². The predicted octanol–water partition coefficient (Wildman–Crippen LogP) is 17.9. The number of aliphatic hydroxyl groups is 2. The molecule has 0 radical (unpaired) electrons. The van der Waals surface area contributed by atoms with Crippen molar-refractivity contribution in [2.45, 2.75) is 347 Å². The minimum Gasteiger partial charge on any atom is -0.466 e. The zero-order valence-electron chi connectivity index (χ0n) is 43.5. The standard InChI is InChI=1S/C58H115NO5/c1-3-5-7-9-11-13-15-17-19-22-26-30-34-38-42-46-50-56(61)55(54-60)59-57(62)51-47-43-39-35-31-27-23-21-25-29-33-37-41-45-49-53-64-58(63)52-48-44-40-36-32-28-24-20-18-16-14-12-10-8-6-4-2/h55-56,60-61H,3-54H2,1-2H3,(H,59,62). The van der Waals surface area contributed by atoms with Crippen LogP contribution in [0.4, 0.5) is 0 Å². The molecule has 0 aromatic rings. The Morgan fingerprint density at radius 2 is 0.641 bits per heavy atom. The molecule has 64 heavy (non-hydrogen) atoms. The van der Waals surface area contributed by atoms with Crippen LogP contribution in [0.5, 0.6) is 0 Å². The third kappa shape index (κ3) is 50.3. The van der Waals surface area contributed by atoms with Crippen molar-refractivity contribution in [3.63, 3.8) is 0 Å². The molecular formula is C58H115NO5. The fourth-order valence-corrected chi connectivity index (χ4v) is 9.41. The quantitative estimate of drug-likeness (QED) is 0.0417. The van der Waals surface area contributed by atoms with Crippen LogP contribution in [-0.2, 0) is 14.3 Å². The van der Waals surface area contributed by atoms with Gasteiger partial charge in [-0.3, -0.25) is 9.59 Å². The second kappa shape index (κ2) is 54.5. The molecule has 0 spiro atoms. The highest BCUT2D eigenvalue weighted by molar-refractivity contribution is 5.76. The van der Waals surface area contributed by atoms with Gasteiger partial charge in [0.05, 0.1) is 25.4 Å². The molecule has 0 aliphatic carbocycles. The zero-order valence-corrected chi connectivity index (χ0v) is 43.5. The lowest BCUT2D eigenvalue weighted by atomic mass is 10.0. The van der Waals surface area contributed by atoms with Gasteiger partial charge in [-0.2, -0.15) is 0 Å². The molecule has 6 nitrogen and oxygen atoms in total. The molecule has 0 aliphatic heterocycles. The van der Waals surface area contributed by atoms with Gasteiger partial charge in [0, 0.05) is 12.8 Å². The molecule has 0 aromatic carbocycles. The van der Waals surface area contributed by atoms with E-state index in [0.29, 0.717) is 25.9 Å². The van der Waals surface area contributed by atoms with Gasteiger partial charge in [0.25, 0.3) is 0 Å². The summed E-state index contributed by atoms with van der Waals surface area (Å²) in [5.41, 5.74) is 0. The van der Waals surface area contributed by atoms with Crippen LogP contribution in [0.15, 0.2) is 0 Å². The smallest absolute Gasteiger partial charge is 0.305 e. The first-order valence-electron chi connectivity index (χ1n) is 29.3. The van der Waals surface area contributed by atoms with E-state index in [0.717, 1.165) is 44.9 Å². The number of esters is 1. The SMILES string of the molecule is CCCCCCCCCCCCCCCCCCC(=O)OCCCCCCCCCCCCCCCCCC(=O)NC(CO)C(O)CCCCCCCCCCCCCCCCCC. The summed E-state index contributed by atoms with van der Waals surface area (Å²) < 4.78 is 5.48. The molecule has 1 amide bonds. The number of aliphatic hydroxyl groups excluding tert-OH is 2. The Labute approximate surface area is 400 Å². The van der Waals surface area contributed by atoms with E-state index >= 15 is 0 Å². The van der Waals surface area contributed by atoms with E-state index in [1.165, 1.54) is 257 Å². The lowest BCUT2D eigenvalue weighted by Gasteiger charge is -2.22. The monoisotopic (exact) mass is 906 g/mol. The van der Waals surface area contributed by atoms with Crippen LogP contribution in [0.1, 0.15) is 335 Å². The van der Waals surface area contributed by atoms with E-state index < -0.39 is 12.1 Å². The van der Waals surface area contributed by atoms with E-state index in [9.17, 15) is 19.8 Å². The van der Waals surface area contributed by atoms with Crippen LogP contribution in [0.3, 0.4) is 0 Å². The van der Waals surface area contributed by atoms with Gasteiger partial charge in [0.2, 0.25) is 5.91 Å². The third-order valence-corrected chi connectivity index (χ3v) is 13.9. The molecule has 0 rings (SSSR count). The number of carbonyl (C=O) groups is 2. The highest BCUT2D eigenvalue weighted by atomic mass is 16.5. The first-order chi connectivity index (χ1) is 31.5. The summed E-state index contributed by atoms with van der Waals surface area (Å²) in [4.78, 5) is 24.5. The average molecular weight is 907 g/mol. The minimum absolute atomic E-state index is 0.00522. The van der Waals surface area contributed by atoms with Gasteiger partial charge in [-0.25, -0.2) is 0 Å². The molecule has 0 heterocycles. The molecule has 3 N–H and O–H groups in total. The number of ether oxygens (including phenoxy) is 1. The summed E-state index contributed by atoms with van der Waals surface area (Å²) in [5, 5.41) is 23.3. The summed E-state index contributed by atoms with van der Waals surface area (Å²) >= 11 is 0. The van der Waals surface area contributed by atoms with Crippen molar-refractivity contribution in [1.29, 1.82) is 0 Å². The van der Waals surface area contributed by atoms with Crippen molar-refractivity contribution < 1.29 is 24.5 Å². The van der Waals surface area contributed by atoms with E-state index in [-0.39, 0.29) is 18.5 Å². The molecule has 0 bridgehead atoms. The van der Waals surface area contributed by atoms with Gasteiger partial charge in [-0.15, -0.1) is 0 Å². The molecule has 0 fully saturated rings. The number of hydrogen-bond acceptors (Lipinski definition) is 5. The highest BCUT2D eigenvalue weighted by Crippen LogP contribution is 2.18. The first kappa shape index (κ1) is 62.9. The second-order valence-electron chi connectivity index (χ2n) is 20.3. The van der Waals surface area contributed by atoms with Crippen molar-refractivity contribution in [2.24, 2.45) is 0 Å². The van der Waals surface area contributed by atoms with Gasteiger partial charge >= 0.3 is 5.97 Å². The van der Waals surface area contributed by atoms with Gasteiger partial charge in [-0.05, 0) is 25.7 Å². The predicted molar refractivity (Wildman–Crippen MR) is 278 cm³/mol. The van der Waals surface area contributed by atoms with Crippen LogP contribution < -0.4 is 5.32 Å². The Balaban J connectivity index is 3.40. The van der Waals surface area contributed by atoms with E-state index in [4.69, 9.17) is 4.74 Å². The molecule has 0 aromatic heterocycles. The number of amides is 1. The summed E-state index contributed by atoms with van der Waals surface area (Å²) in [5.74, 6) is -0.0350. The summed E-state index contributed by atoms with van der Waals surface area (Å²) in [6.45, 7) is 4.97. The largest absolute Gasteiger partial charge is 0.466 e. The Bertz CT molecular complexity index is 913. The second-order valence-corrected chi connectivity index (χ2v) is 20.3. The zero-order chi connectivity index (χ0) is 46.5. The Morgan fingerprint density at radius 3 is 0.953 bits per heavy atom. The Morgan fingerprint density at radius 1 is 0.375 bits per heavy atom. The number of unbranched alkanes of at least 4 members (excludes halogenated alkanes) is 44. The maximum Gasteiger partial charge on any atom is 0.305 e. The fraction of sp³-hybridized carbons (Fsp3) is 0.966. The summed E-state index contributed by atoms with van der Waals surface area (Å²) in [6.07, 6.45) is 62.3. The van der Waals surface area contributed by atoms with Crippen molar-refractivity contribution >= 4 is 11.9 Å². The molecular weight excluding hydrogens is 791 g/mol. The van der Waals surface area contributed by atoms with Crippen molar-refractivity contribution in [3.8, 4) is 0 Å². The molecule has 382 valence electrons. The minimum atomic E-state index is -0.668. The summed E-state index contributed by atoms with van der Waals surface area (Å²) in [6, 6.07) is -0.546. The number of rotatable bonds is 55. The number of hydrogen-bond donors (Lipinski definition) is 3. The average Bonchev–Trinajstić information content (AvgIpc) is 3.29. The molecule has 2 unspecified atom stereocenters. The van der Waals surface area contributed by atoms with Crippen LogP contribution in [0.25, 0.3) is 0 Å². The van der Waals surface area contributed by atoms with Gasteiger partial charge in [0.1, 0.15) is 0 Å². The van der Waals surface area contributed by atoms with Gasteiger partial charge in [0.15, 0.2) is 0 Å². The fourth-order valence-electron chi connectivity index (χ4n) is 9.41. The first-order valence-corrected chi connectivity index (χ1v) is 29.3. The van der Waals surface area contributed by atoms with Gasteiger partial charge in [-0.1, -0.05) is 296 Å². The van der Waals surface area contributed by atoms with Crippen LogP contribution in [0, 0.1) is 0 Å². The Kier molecular flexibility index (Phi) is 53.5. The molecule has 6 heteroatoms. The van der Waals surface area contributed by atoms with E-state index in [2.05, 4.69) is 19.2 Å². The van der Waals surface area contributed by atoms with E-state index in [1.807, 2.05) is 0 Å². The number of carbonyl (C=O) groups excluding carboxylic acids is 2. The normalized spacial score (nSPS) is 12.5. The third-order valence-electron chi connectivity index (χ3n) is 13.9. The topological polar surface area (TPSA) is 95.9 Å². The molecule has 2 atom stereocenters.